The molecule has 1 aliphatic heterocycles. The largest absolute Gasteiger partial charge is 0.456 e. The van der Waals surface area contributed by atoms with Crippen molar-refractivity contribution >= 4 is 17.7 Å². The van der Waals surface area contributed by atoms with Gasteiger partial charge in [0.25, 0.3) is 11.7 Å². The molecule has 0 saturated carbocycles. The molecule has 1 saturated heterocycles. The summed E-state index contributed by atoms with van der Waals surface area (Å²) < 4.78 is 6.88. The van der Waals surface area contributed by atoms with Crippen molar-refractivity contribution < 1.29 is 14.3 Å². The standard InChI is InChI=1S/C19H27N5O3/c1-14-16(15(2)24-19(22-14)20-13-21-24)8-9-18(26)27-12-17(25)23-10-6-4-3-5-7-11-23/h13H,3-12H2,1-2H3. The molecule has 0 N–H and O–H groups in total. The lowest BCUT2D eigenvalue weighted by Gasteiger charge is -2.24. The molecular formula is C19H27N5O3. The van der Waals surface area contributed by atoms with E-state index >= 15 is 0 Å². The van der Waals surface area contributed by atoms with E-state index in [9.17, 15) is 9.59 Å². The highest BCUT2D eigenvalue weighted by atomic mass is 16.5. The summed E-state index contributed by atoms with van der Waals surface area (Å²) >= 11 is 0. The van der Waals surface area contributed by atoms with Crippen LogP contribution in [0.3, 0.4) is 0 Å². The van der Waals surface area contributed by atoms with Crippen LogP contribution < -0.4 is 0 Å². The number of ether oxygens (including phenoxy) is 1. The van der Waals surface area contributed by atoms with Crippen molar-refractivity contribution in [3.63, 3.8) is 0 Å². The second kappa shape index (κ2) is 8.92. The summed E-state index contributed by atoms with van der Waals surface area (Å²) in [5.74, 6) is 0.0892. The van der Waals surface area contributed by atoms with Crippen LogP contribution in [-0.4, -0.2) is 56.1 Å². The van der Waals surface area contributed by atoms with Crippen LogP contribution in [0.4, 0.5) is 0 Å². The van der Waals surface area contributed by atoms with E-state index in [1.54, 1.807) is 4.52 Å². The number of amides is 1. The summed E-state index contributed by atoms with van der Waals surface area (Å²) in [6.07, 6.45) is 7.77. The molecule has 0 unspecified atom stereocenters. The number of aromatic nitrogens is 4. The number of carbonyl (C=O) groups is 2. The van der Waals surface area contributed by atoms with E-state index < -0.39 is 0 Å². The number of hydrogen-bond donors (Lipinski definition) is 0. The van der Waals surface area contributed by atoms with Crippen LogP contribution >= 0.6 is 0 Å². The van der Waals surface area contributed by atoms with Gasteiger partial charge >= 0.3 is 5.97 Å². The zero-order chi connectivity index (χ0) is 19.2. The fourth-order valence-corrected chi connectivity index (χ4v) is 3.55. The minimum Gasteiger partial charge on any atom is -0.456 e. The van der Waals surface area contributed by atoms with Crippen LogP contribution in [0.25, 0.3) is 5.78 Å². The van der Waals surface area contributed by atoms with Crippen molar-refractivity contribution in [2.45, 2.75) is 58.8 Å². The van der Waals surface area contributed by atoms with Gasteiger partial charge in [-0.25, -0.2) is 9.50 Å². The van der Waals surface area contributed by atoms with Gasteiger partial charge in [-0.05, 0) is 38.7 Å². The highest BCUT2D eigenvalue weighted by molar-refractivity contribution is 5.80. The predicted molar refractivity (Wildman–Crippen MR) is 99.2 cm³/mol. The summed E-state index contributed by atoms with van der Waals surface area (Å²) in [6.45, 7) is 5.18. The Morgan fingerprint density at radius 3 is 2.56 bits per heavy atom. The lowest BCUT2D eigenvalue weighted by molar-refractivity contribution is -0.152. The molecule has 0 aromatic carbocycles. The summed E-state index contributed by atoms with van der Waals surface area (Å²) in [4.78, 5) is 34.7. The lowest BCUT2D eigenvalue weighted by atomic mass is 10.1. The average Bonchev–Trinajstić information content (AvgIpc) is 3.07. The van der Waals surface area contributed by atoms with E-state index in [-0.39, 0.29) is 24.9 Å². The highest BCUT2D eigenvalue weighted by Crippen LogP contribution is 2.15. The molecule has 1 amide bonds. The van der Waals surface area contributed by atoms with E-state index in [0.717, 1.165) is 55.7 Å². The van der Waals surface area contributed by atoms with Crippen LogP contribution in [0.15, 0.2) is 6.33 Å². The Morgan fingerprint density at radius 2 is 1.81 bits per heavy atom. The Bertz CT molecular complexity index is 809. The van der Waals surface area contributed by atoms with Crippen LogP contribution in [0.2, 0.25) is 0 Å². The number of nitrogens with zero attached hydrogens (tertiary/aromatic N) is 5. The van der Waals surface area contributed by atoms with Gasteiger partial charge in [0.15, 0.2) is 6.61 Å². The molecule has 3 heterocycles. The zero-order valence-corrected chi connectivity index (χ0v) is 16.1. The minimum absolute atomic E-state index is 0.0942. The topological polar surface area (TPSA) is 89.7 Å². The first-order valence-corrected chi connectivity index (χ1v) is 9.65. The molecule has 1 fully saturated rings. The molecule has 1 aliphatic rings. The second-order valence-electron chi connectivity index (χ2n) is 7.04. The maximum absolute atomic E-state index is 12.3. The maximum Gasteiger partial charge on any atom is 0.306 e. The van der Waals surface area contributed by atoms with Gasteiger partial charge < -0.3 is 9.64 Å². The Kier molecular flexibility index (Phi) is 6.36. The molecule has 0 atom stereocenters. The second-order valence-corrected chi connectivity index (χ2v) is 7.04. The zero-order valence-electron chi connectivity index (χ0n) is 16.1. The Hall–Kier alpha value is -2.51. The third kappa shape index (κ3) is 4.81. The summed E-state index contributed by atoms with van der Waals surface area (Å²) in [7, 11) is 0. The average molecular weight is 373 g/mol. The molecule has 3 rings (SSSR count). The first-order valence-electron chi connectivity index (χ1n) is 9.65. The Balaban J connectivity index is 1.50. The molecule has 8 heteroatoms. The first kappa shape index (κ1) is 19.3. The van der Waals surface area contributed by atoms with Crippen molar-refractivity contribution in [2.75, 3.05) is 19.7 Å². The SMILES string of the molecule is Cc1nc2ncnn2c(C)c1CCC(=O)OCC(=O)N1CCCCCCC1. The summed E-state index contributed by atoms with van der Waals surface area (Å²) in [5, 5.41) is 4.15. The van der Waals surface area contributed by atoms with E-state index in [1.165, 1.54) is 12.7 Å². The van der Waals surface area contributed by atoms with E-state index in [4.69, 9.17) is 4.74 Å². The van der Waals surface area contributed by atoms with Gasteiger partial charge in [-0.1, -0.05) is 19.3 Å². The number of fused-ring (bicyclic) bond motifs is 1. The quantitative estimate of drug-likeness (QED) is 0.745. The van der Waals surface area contributed by atoms with Crippen LogP contribution in [-0.2, 0) is 20.7 Å². The van der Waals surface area contributed by atoms with Gasteiger partial charge in [0.05, 0.1) is 0 Å². The maximum atomic E-state index is 12.3. The van der Waals surface area contributed by atoms with E-state index in [2.05, 4.69) is 15.1 Å². The fraction of sp³-hybridized carbons (Fsp3) is 0.632. The number of hydrogen-bond acceptors (Lipinski definition) is 6. The Morgan fingerprint density at radius 1 is 1.11 bits per heavy atom. The van der Waals surface area contributed by atoms with Gasteiger partial charge in [-0.15, -0.1) is 0 Å². The van der Waals surface area contributed by atoms with Crippen molar-refractivity contribution in [1.82, 2.24) is 24.5 Å². The van der Waals surface area contributed by atoms with E-state index in [0.29, 0.717) is 12.2 Å². The Labute approximate surface area is 158 Å². The molecule has 0 spiro atoms. The number of rotatable bonds is 5. The third-order valence-corrected chi connectivity index (χ3v) is 5.13. The fourth-order valence-electron chi connectivity index (χ4n) is 3.55. The highest BCUT2D eigenvalue weighted by Gasteiger charge is 2.17. The molecule has 8 nitrogen and oxygen atoms in total. The molecule has 0 bridgehead atoms. The summed E-state index contributed by atoms with van der Waals surface area (Å²) in [6, 6.07) is 0. The van der Waals surface area contributed by atoms with Gasteiger partial charge in [0.2, 0.25) is 0 Å². The molecular weight excluding hydrogens is 346 g/mol. The molecule has 0 radical (unpaired) electrons. The predicted octanol–water partition coefficient (Wildman–Crippen LogP) is 2.01. The number of aryl methyl sites for hydroxylation is 2. The van der Waals surface area contributed by atoms with Crippen LogP contribution in [0, 0.1) is 13.8 Å². The van der Waals surface area contributed by atoms with Crippen molar-refractivity contribution in [3.05, 3.63) is 23.3 Å². The van der Waals surface area contributed by atoms with Crippen molar-refractivity contribution in [2.24, 2.45) is 0 Å². The number of carbonyl (C=O) groups excluding carboxylic acids is 2. The molecule has 2 aromatic heterocycles. The number of likely N-dealkylation sites (tertiary alicyclic amines) is 1. The van der Waals surface area contributed by atoms with Crippen molar-refractivity contribution in [1.29, 1.82) is 0 Å². The smallest absolute Gasteiger partial charge is 0.306 e. The first-order chi connectivity index (χ1) is 13.1. The monoisotopic (exact) mass is 373 g/mol. The molecule has 27 heavy (non-hydrogen) atoms. The molecule has 146 valence electrons. The van der Waals surface area contributed by atoms with E-state index in [1.807, 2.05) is 18.7 Å². The molecule has 0 aliphatic carbocycles. The minimum atomic E-state index is -0.368. The summed E-state index contributed by atoms with van der Waals surface area (Å²) in [5.41, 5.74) is 2.71. The third-order valence-electron chi connectivity index (χ3n) is 5.13. The van der Waals surface area contributed by atoms with Gasteiger partial charge in [0.1, 0.15) is 6.33 Å². The van der Waals surface area contributed by atoms with Crippen LogP contribution in [0.1, 0.15) is 55.5 Å². The number of esters is 1. The van der Waals surface area contributed by atoms with Gasteiger partial charge in [-0.2, -0.15) is 10.1 Å². The lowest BCUT2D eigenvalue weighted by Crippen LogP contribution is -2.37. The normalized spacial score (nSPS) is 15.4. The van der Waals surface area contributed by atoms with Crippen LogP contribution in [0.5, 0.6) is 0 Å². The van der Waals surface area contributed by atoms with Crippen molar-refractivity contribution in [3.8, 4) is 0 Å². The van der Waals surface area contributed by atoms with Gasteiger partial charge in [-0.3, -0.25) is 9.59 Å². The molecule has 2 aromatic rings. The van der Waals surface area contributed by atoms with Gasteiger partial charge in [0, 0.05) is 30.9 Å².